The van der Waals surface area contributed by atoms with Gasteiger partial charge in [-0.3, -0.25) is 9.59 Å². The van der Waals surface area contributed by atoms with Crippen molar-refractivity contribution >= 4 is 28.8 Å². The van der Waals surface area contributed by atoms with Crippen LogP contribution in [0.1, 0.15) is 18.9 Å². The van der Waals surface area contributed by atoms with Gasteiger partial charge in [-0.25, -0.2) is 0 Å². The minimum atomic E-state index is -0.526. The van der Waals surface area contributed by atoms with Crippen molar-refractivity contribution < 1.29 is 14.3 Å². The zero-order chi connectivity index (χ0) is 16.9. The van der Waals surface area contributed by atoms with Gasteiger partial charge in [0.2, 0.25) is 5.91 Å². The summed E-state index contributed by atoms with van der Waals surface area (Å²) in [7, 11) is 0. The molecule has 0 bridgehead atoms. The molecule has 0 spiro atoms. The second kappa shape index (κ2) is 7.49. The fourth-order valence-corrected chi connectivity index (χ4v) is 3.38. The number of amides is 2. The molecule has 126 valence electrons. The predicted octanol–water partition coefficient (Wildman–Crippen LogP) is 2.61. The molecule has 24 heavy (non-hydrogen) atoms. The van der Waals surface area contributed by atoms with Crippen molar-refractivity contribution in [3.8, 4) is 5.75 Å². The highest BCUT2D eigenvalue weighted by Gasteiger charge is 2.31. The van der Waals surface area contributed by atoms with E-state index in [4.69, 9.17) is 4.74 Å². The van der Waals surface area contributed by atoms with Gasteiger partial charge in [-0.15, -0.1) is 0 Å². The van der Waals surface area contributed by atoms with Crippen molar-refractivity contribution in [3.63, 3.8) is 0 Å². The number of fused-ring (bicyclic) bond motifs is 1. The smallest absolute Gasteiger partial charge is 0.267 e. The maximum Gasteiger partial charge on any atom is 0.267 e. The van der Waals surface area contributed by atoms with Crippen molar-refractivity contribution in [3.05, 3.63) is 46.7 Å². The number of benzene rings is 1. The molecule has 2 aromatic rings. The summed E-state index contributed by atoms with van der Waals surface area (Å²) in [4.78, 5) is 26.0. The quantitative estimate of drug-likeness (QED) is 0.876. The van der Waals surface area contributed by atoms with Crippen LogP contribution in [0.25, 0.3) is 0 Å². The van der Waals surface area contributed by atoms with Crippen molar-refractivity contribution in [1.82, 2.24) is 5.32 Å². The maximum absolute atomic E-state index is 12.3. The third-order valence-electron chi connectivity index (χ3n) is 3.95. The minimum absolute atomic E-state index is 0.0466. The Morgan fingerprint density at radius 1 is 1.33 bits per heavy atom. The van der Waals surface area contributed by atoms with E-state index in [0.29, 0.717) is 18.8 Å². The van der Waals surface area contributed by atoms with E-state index in [1.54, 1.807) is 23.2 Å². The maximum atomic E-state index is 12.3. The van der Waals surface area contributed by atoms with E-state index in [-0.39, 0.29) is 18.2 Å². The third-order valence-corrected chi connectivity index (χ3v) is 4.68. The number of hydrogen-bond donors (Lipinski definition) is 1. The first-order valence-corrected chi connectivity index (χ1v) is 8.94. The molecular formula is C18H20N2O3S. The van der Waals surface area contributed by atoms with Crippen LogP contribution in [-0.4, -0.2) is 31.0 Å². The van der Waals surface area contributed by atoms with Gasteiger partial charge < -0.3 is 15.0 Å². The normalized spacial score (nSPS) is 16.5. The first-order valence-electron chi connectivity index (χ1n) is 8.00. The molecule has 0 fully saturated rings. The Morgan fingerprint density at radius 3 is 2.96 bits per heavy atom. The van der Waals surface area contributed by atoms with Crippen molar-refractivity contribution in [2.24, 2.45) is 0 Å². The number of carbonyl (C=O) groups excluding carboxylic acids is 2. The Labute approximate surface area is 145 Å². The molecule has 1 aliphatic rings. The number of rotatable bonds is 6. The van der Waals surface area contributed by atoms with E-state index in [1.165, 1.54) is 5.56 Å². The summed E-state index contributed by atoms with van der Waals surface area (Å²) >= 11 is 1.65. The zero-order valence-electron chi connectivity index (χ0n) is 13.5. The van der Waals surface area contributed by atoms with Gasteiger partial charge in [-0.2, -0.15) is 11.3 Å². The van der Waals surface area contributed by atoms with Crippen LogP contribution in [0.15, 0.2) is 41.1 Å². The number of nitrogens with one attached hydrogen (secondary N) is 1. The summed E-state index contributed by atoms with van der Waals surface area (Å²) in [6, 6.07) is 9.47. The first-order chi connectivity index (χ1) is 11.6. The second-order valence-electron chi connectivity index (χ2n) is 5.70. The molecule has 2 amide bonds. The molecule has 2 heterocycles. The Morgan fingerprint density at radius 2 is 2.17 bits per heavy atom. The summed E-state index contributed by atoms with van der Waals surface area (Å²) in [6.07, 6.45) is 0.573. The molecule has 1 atom stereocenters. The van der Waals surface area contributed by atoms with Gasteiger partial charge in [0.15, 0.2) is 6.10 Å². The third kappa shape index (κ3) is 3.76. The lowest BCUT2D eigenvalue weighted by molar-refractivity contribution is -0.125. The van der Waals surface area contributed by atoms with E-state index in [2.05, 4.69) is 16.8 Å². The lowest BCUT2D eigenvalue weighted by atomic mass is 10.1. The van der Waals surface area contributed by atoms with Crippen LogP contribution in [-0.2, 0) is 16.0 Å². The van der Waals surface area contributed by atoms with Crippen LogP contribution in [0.3, 0.4) is 0 Å². The van der Waals surface area contributed by atoms with Crippen LogP contribution in [0.4, 0.5) is 5.69 Å². The molecule has 0 aliphatic carbocycles. The van der Waals surface area contributed by atoms with Crippen LogP contribution in [0.2, 0.25) is 0 Å². The van der Waals surface area contributed by atoms with E-state index in [1.807, 2.05) is 29.6 Å². The van der Waals surface area contributed by atoms with Crippen molar-refractivity contribution in [2.45, 2.75) is 25.9 Å². The van der Waals surface area contributed by atoms with Gasteiger partial charge in [0.05, 0.1) is 5.69 Å². The summed E-state index contributed by atoms with van der Waals surface area (Å²) in [5, 5.41) is 7.01. The Hall–Kier alpha value is -2.34. The van der Waals surface area contributed by atoms with Gasteiger partial charge in [-0.05, 0) is 47.9 Å². The van der Waals surface area contributed by atoms with Gasteiger partial charge in [0.25, 0.3) is 5.91 Å². The van der Waals surface area contributed by atoms with Crippen LogP contribution in [0.5, 0.6) is 5.75 Å². The number of carbonyl (C=O) groups is 2. The first kappa shape index (κ1) is 16.5. The summed E-state index contributed by atoms with van der Waals surface area (Å²) in [5.41, 5.74) is 1.96. The molecular weight excluding hydrogens is 324 g/mol. The lowest BCUT2D eigenvalue weighted by Crippen LogP contribution is -2.45. The van der Waals surface area contributed by atoms with E-state index in [0.717, 1.165) is 12.1 Å². The van der Waals surface area contributed by atoms with Gasteiger partial charge in [-0.1, -0.05) is 12.1 Å². The summed E-state index contributed by atoms with van der Waals surface area (Å²) in [6.45, 7) is 2.69. The second-order valence-corrected chi connectivity index (χ2v) is 6.48. The number of ether oxygens (including phenoxy) is 1. The molecule has 3 rings (SSSR count). The van der Waals surface area contributed by atoms with Crippen LogP contribution >= 0.6 is 11.3 Å². The monoisotopic (exact) mass is 344 g/mol. The Balaban J connectivity index is 1.53. The zero-order valence-corrected chi connectivity index (χ0v) is 14.3. The molecule has 1 aliphatic heterocycles. The highest BCUT2D eigenvalue weighted by molar-refractivity contribution is 7.07. The molecule has 6 heteroatoms. The SMILES string of the molecule is CC1Oc2ccccc2N(CCC(=O)NCCc2ccsc2)C1=O. The highest BCUT2D eigenvalue weighted by atomic mass is 32.1. The average Bonchev–Trinajstić information content (AvgIpc) is 3.09. The van der Waals surface area contributed by atoms with Crippen molar-refractivity contribution in [1.29, 1.82) is 0 Å². The predicted molar refractivity (Wildman–Crippen MR) is 94.5 cm³/mol. The molecule has 0 saturated carbocycles. The fraction of sp³-hybridized carbons (Fsp3) is 0.333. The molecule has 0 radical (unpaired) electrons. The van der Waals surface area contributed by atoms with E-state index >= 15 is 0 Å². The number of para-hydroxylation sites is 2. The lowest BCUT2D eigenvalue weighted by Gasteiger charge is -2.32. The van der Waals surface area contributed by atoms with Gasteiger partial charge in [0, 0.05) is 19.5 Å². The molecule has 1 N–H and O–H groups in total. The van der Waals surface area contributed by atoms with Crippen molar-refractivity contribution in [2.75, 3.05) is 18.0 Å². The van der Waals surface area contributed by atoms with Crippen LogP contribution < -0.4 is 15.0 Å². The average molecular weight is 344 g/mol. The van der Waals surface area contributed by atoms with Crippen LogP contribution in [0, 0.1) is 0 Å². The summed E-state index contributed by atoms with van der Waals surface area (Å²) < 4.78 is 5.60. The Bertz CT molecular complexity index is 715. The molecule has 5 nitrogen and oxygen atoms in total. The van der Waals surface area contributed by atoms with E-state index in [9.17, 15) is 9.59 Å². The molecule has 1 unspecified atom stereocenters. The van der Waals surface area contributed by atoms with Gasteiger partial charge >= 0.3 is 0 Å². The standard InChI is InChI=1S/C18H20N2O3S/c1-13-18(22)20(15-4-2-3-5-16(15)23-13)10-7-17(21)19-9-6-14-8-11-24-12-14/h2-5,8,11-13H,6-7,9-10H2,1H3,(H,19,21). The minimum Gasteiger partial charge on any atom is -0.479 e. The number of nitrogens with zero attached hydrogens (tertiary/aromatic N) is 1. The largest absolute Gasteiger partial charge is 0.479 e. The fourth-order valence-electron chi connectivity index (χ4n) is 2.67. The number of anilines is 1. The van der Waals surface area contributed by atoms with Gasteiger partial charge in [0.1, 0.15) is 5.75 Å². The number of thiophene rings is 1. The Kier molecular flexibility index (Phi) is 5.15. The summed E-state index contributed by atoms with van der Waals surface area (Å²) in [5.74, 6) is 0.525. The van der Waals surface area contributed by atoms with E-state index < -0.39 is 6.10 Å². The highest BCUT2D eigenvalue weighted by Crippen LogP contribution is 2.33. The molecule has 1 aromatic carbocycles. The number of hydrogen-bond acceptors (Lipinski definition) is 4. The molecule has 1 aromatic heterocycles. The molecule has 0 saturated heterocycles. The topological polar surface area (TPSA) is 58.6 Å².